The Bertz CT molecular complexity index is 869. The Balaban J connectivity index is 1.68. The summed E-state index contributed by atoms with van der Waals surface area (Å²) in [7, 11) is 1.96. The SMILES string of the molecule is CN(CCOC(C)(c1ccn[nH]1)c1ccccc1O)Cc1cccc(F)c1. The monoisotopic (exact) mass is 369 g/mol. The van der Waals surface area contributed by atoms with Crippen LogP contribution in [0.3, 0.4) is 0 Å². The largest absolute Gasteiger partial charge is 0.508 e. The van der Waals surface area contributed by atoms with Gasteiger partial charge in [-0.15, -0.1) is 0 Å². The predicted octanol–water partition coefficient (Wildman–Crippen LogP) is 3.67. The molecule has 3 rings (SSSR count). The standard InChI is InChI=1S/C21H24FN3O2/c1-21(20-10-11-23-24-20,18-8-3-4-9-19(18)26)27-13-12-25(2)15-16-6-5-7-17(22)14-16/h3-11,14,26H,12-13,15H2,1-2H3,(H,23,24). The van der Waals surface area contributed by atoms with Crippen molar-refractivity contribution in [2.45, 2.75) is 19.1 Å². The summed E-state index contributed by atoms with van der Waals surface area (Å²) < 4.78 is 19.6. The van der Waals surface area contributed by atoms with Crippen LogP contribution < -0.4 is 0 Å². The van der Waals surface area contributed by atoms with Crippen LogP contribution in [0.1, 0.15) is 23.7 Å². The number of nitrogens with one attached hydrogen (secondary N) is 1. The number of halogens is 1. The van der Waals surface area contributed by atoms with Gasteiger partial charge in [-0.2, -0.15) is 5.10 Å². The van der Waals surface area contributed by atoms with Crippen molar-refractivity contribution in [1.82, 2.24) is 15.1 Å². The van der Waals surface area contributed by atoms with Crippen LogP contribution in [0.4, 0.5) is 4.39 Å². The first-order chi connectivity index (χ1) is 13.0. The number of ether oxygens (including phenoxy) is 1. The number of para-hydroxylation sites is 1. The minimum atomic E-state index is -0.860. The lowest BCUT2D eigenvalue weighted by atomic mass is 9.91. The fraction of sp³-hybridized carbons (Fsp3) is 0.286. The third kappa shape index (κ3) is 4.53. The number of hydrogen-bond acceptors (Lipinski definition) is 4. The second-order valence-corrected chi connectivity index (χ2v) is 6.74. The van der Waals surface area contributed by atoms with Gasteiger partial charge in [0.1, 0.15) is 17.2 Å². The molecule has 142 valence electrons. The topological polar surface area (TPSA) is 61.4 Å². The number of benzene rings is 2. The van der Waals surface area contributed by atoms with Gasteiger partial charge in [-0.1, -0.05) is 30.3 Å². The van der Waals surface area contributed by atoms with Gasteiger partial charge in [0.05, 0.1) is 12.3 Å². The maximum absolute atomic E-state index is 13.3. The maximum Gasteiger partial charge on any atom is 0.135 e. The lowest BCUT2D eigenvalue weighted by Gasteiger charge is -2.31. The molecule has 0 spiro atoms. The molecule has 0 saturated carbocycles. The first-order valence-electron chi connectivity index (χ1n) is 8.84. The highest BCUT2D eigenvalue weighted by Gasteiger charge is 2.33. The van der Waals surface area contributed by atoms with Crippen molar-refractivity contribution in [2.75, 3.05) is 20.2 Å². The molecule has 1 atom stereocenters. The minimum absolute atomic E-state index is 0.169. The number of phenols is 1. The first kappa shape index (κ1) is 19.1. The van der Waals surface area contributed by atoms with Crippen molar-refractivity contribution < 1.29 is 14.2 Å². The summed E-state index contributed by atoms with van der Waals surface area (Å²) in [6, 6.07) is 15.5. The van der Waals surface area contributed by atoms with Gasteiger partial charge in [-0.3, -0.25) is 10.00 Å². The molecule has 0 radical (unpaired) electrons. The van der Waals surface area contributed by atoms with E-state index in [4.69, 9.17) is 4.74 Å². The molecule has 27 heavy (non-hydrogen) atoms. The van der Waals surface area contributed by atoms with Crippen molar-refractivity contribution >= 4 is 0 Å². The molecule has 3 aromatic rings. The summed E-state index contributed by atoms with van der Waals surface area (Å²) in [4.78, 5) is 2.06. The Morgan fingerprint density at radius 2 is 2.00 bits per heavy atom. The first-order valence-corrected chi connectivity index (χ1v) is 8.84. The summed E-state index contributed by atoms with van der Waals surface area (Å²) in [6.45, 7) is 3.60. The average molecular weight is 369 g/mol. The smallest absolute Gasteiger partial charge is 0.135 e. The van der Waals surface area contributed by atoms with Crippen LogP contribution in [0.15, 0.2) is 60.8 Å². The van der Waals surface area contributed by atoms with Gasteiger partial charge < -0.3 is 9.84 Å². The number of nitrogens with zero attached hydrogens (tertiary/aromatic N) is 2. The van der Waals surface area contributed by atoms with Crippen molar-refractivity contribution in [3.8, 4) is 5.75 Å². The predicted molar refractivity (Wildman–Crippen MR) is 102 cm³/mol. The van der Waals surface area contributed by atoms with Crippen molar-refractivity contribution in [3.05, 3.63) is 83.4 Å². The van der Waals surface area contributed by atoms with Gasteiger partial charge in [0.25, 0.3) is 0 Å². The van der Waals surface area contributed by atoms with Crippen LogP contribution in [0.25, 0.3) is 0 Å². The Labute approximate surface area is 158 Å². The number of phenolic OH excluding ortho intramolecular Hbond substituents is 1. The van der Waals surface area contributed by atoms with Crippen LogP contribution in [-0.4, -0.2) is 40.4 Å². The molecule has 1 heterocycles. The highest BCUT2D eigenvalue weighted by Crippen LogP contribution is 2.37. The van der Waals surface area contributed by atoms with E-state index in [0.29, 0.717) is 25.3 Å². The second-order valence-electron chi connectivity index (χ2n) is 6.74. The molecule has 2 aromatic carbocycles. The van der Waals surface area contributed by atoms with E-state index in [0.717, 1.165) is 11.3 Å². The van der Waals surface area contributed by atoms with E-state index in [1.54, 1.807) is 24.4 Å². The fourth-order valence-corrected chi connectivity index (χ4v) is 3.13. The normalized spacial score (nSPS) is 13.6. The minimum Gasteiger partial charge on any atom is -0.508 e. The zero-order valence-corrected chi connectivity index (χ0v) is 15.5. The molecule has 0 aliphatic rings. The van der Waals surface area contributed by atoms with E-state index >= 15 is 0 Å². The summed E-state index contributed by atoms with van der Waals surface area (Å²) in [5.74, 6) is -0.0637. The van der Waals surface area contributed by atoms with Gasteiger partial charge in [-0.05, 0) is 43.8 Å². The summed E-state index contributed by atoms with van der Waals surface area (Å²) >= 11 is 0. The Morgan fingerprint density at radius 1 is 1.19 bits per heavy atom. The molecule has 0 amide bonds. The average Bonchev–Trinajstić information content (AvgIpc) is 3.17. The molecule has 1 aromatic heterocycles. The molecular formula is C21H24FN3O2. The number of aromatic hydroxyl groups is 1. The van der Waals surface area contributed by atoms with Gasteiger partial charge in [0.15, 0.2) is 0 Å². The highest BCUT2D eigenvalue weighted by molar-refractivity contribution is 5.41. The van der Waals surface area contributed by atoms with Crippen molar-refractivity contribution in [1.29, 1.82) is 0 Å². The third-order valence-electron chi connectivity index (χ3n) is 4.64. The fourth-order valence-electron chi connectivity index (χ4n) is 3.13. The Kier molecular flexibility index (Phi) is 5.88. The van der Waals surface area contributed by atoms with Gasteiger partial charge in [0.2, 0.25) is 0 Å². The lowest BCUT2D eigenvalue weighted by Crippen LogP contribution is -2.32. The van der Waals surface area contributed by atoms with Crippen LogP contribution >= 0.6 is 0 Å². The van der Waals surface area contributed by atoms with Crippen molar-refractivity contribution in [3.63, 3.8) is 0 Å². The molecule has 1 unspecified atom stereocenters. The maximum atomic E-state index is 13.3. The number of hydrogen-bond donors (Lipinski definition) is 2. The molecule has 0 bridgehead atoms. The summed E-state index contributed by atoms with van der Waals surface area (Å²) in [6.07, 6.45) is 1.66. The van der Waals surface area contributed by atoms with Crippen molar-refractivity contribution in [2.24, 2.45) is 0 Å². The molecule has 0 fully saturated rings. The molecule has 5 nitrogen and oxygen atoms in total. The van der Waals surface area contributed by atoms with E-state index in [9.17, 15) is 9.50 Å². The summed E-state index contributed by atoms with van der Waals surface area (Å²) in [5.41, 5.74) is 1.48. The number of likely N-dealkylation sites (N-methyl/N-ethyl adjacent to an activating group) is 1. The van der Waals surface area contributed by atoms with Crippen LogP contribution in [0.5, 0.6) is 5.75 Å². The molecule has 0 aliphatic carbocycles. The molecule has 6 heteroatoms. The molecule has 2 N–H and O–H groups in total. The van der Waals surface area contributed by atoms with E-state index in [-0.39, 0.29) is 11.6 Å². The van der Waals surface area contributed by atoms with Crippen LogP contribution in [0, 0.1) is 5.82 Å². The molecular weight excluding hydrogens is 345 g/mol. The number of aromatic amines is 1. The van der Waals surface area contributed by atoms with E-state index < -0.39 is 5.60 Å². The summed E-state index contributed by atoms with van der Waals surface area (Å²) in [5, 5.41) is 17.3. The zero-order valence-electron chi connectivity index (χ0n) is 15.5. The molecule has 0 saturated heterocycles. The van der Waals surface area contributed by atoms with Crippen LogP contribution in [0.2, 0.25) is 0 Å². The Hall–Kier alpha value is -2.70. The number of rotatable bonds is 8. The van der Waals surface area contributed by atoms with E-state index in [1.165, 1.54) is 12.1 Å². The van der Waals surface area contributed by atoms with Gasteiger partial charge >= 0.3 is 0 Å². The highest BCUT2D eigenvalue weighted by atomic mass is 19.1. The van der Waals surface area contributed by atoms with Gasteiger partial charge in [-0.25, -0.2) is 4.39 Å². The number of H-pyrrole nitrogens is 1. The van der Waals surface area contributed by atoms with Crippen LogP contribution in [-0.2, 0) is 16.9 Å². The van der Waals surface area contributed by atoms with Gasteiger partial charge in [0, 0.05) is 24.8 Å². The lowest BCUT2D eigenvalue weighted by molar-refractivity contribution is -0.0170. The quantitative estimate of drug-likeness (QED) is 0.636. The zero-order chi connectivity index (χ0) is 19.3. The van der Waals surface area contributed by atoms with E-state index in [2.05, 4.69) is 15.1 Å². The Morgan fingerprint density at radius 3 is 2.70 bits per heavy atom. The molecule has 0 aliphatic heterocycles. The third-order valence-corrected chi connectivity index (χ3v) is 4.64. The van der Waals surface area contributed by atoms with E-state index in [1.807, 2.05) is 38.2 Å². The number of aromatic nitrogens is 2. The second kappa shape index (κ2) is 8.33.